The summed E-state index contributed by atoms with van der Waals surface area (Å²) in [4.78, 5) is 28.3. The summed E-state index contributed by atoms with van der Waals surface area (Å²) in [7, 11) is -1.54. The van der Waals surface area contributed by atoms with Crippen molar-refractivity contribution in [2.75, 3.05) is 0 Å². The zero-order chi connectivity index (χ0) is 25.2. The van der Waals surface area contributed by atoms with Crippen LogP contribution in [0.2, 0.25) is 19.6 Å². The quantitative estimate of drug-likeness (QED) is 0.139. The number of hydrogen-bond donors (Lipinski definition) is 1. The van der Waals surface area contributed by atoms with Crippen molar-refractivity contribution in [1.82, 2.24) is 19.9 Å². The van der Waals surface area contributed by atoms with Crippen LogP contribution < -0.4 is 5.19 Å². The van der Waals surface area contributed by atoms with Gasteiger partial charge in [0.2, 0.25) is 0 Å². The van der Waals surface area contributed by atoms with Crippen LogP contribution in [-0.4, -0.2) is 38.9 Å². The molecule has 5 rings (SSSR count). The molecule has 0 saturated carbocycles. The van der Waals surface area contributed by atoms with E-state index in [9.17, 15) is 4.79 Å². The standard InChI is InChI=1S/C23H21N4Si.C5H8O2.Ir/c1-28(2,3)20-13-16(12-15-6-4-5-7-17(15)20)21-18-8-9-19-23(25-11-10-24-19)22(18)27-14-26-21;1-4(6)3-5(2)7;/h4-7,10-11,13-14H,8-9H2,1-3H3;3,6H,1-2H3;/q-1;;/b;4-3-;. The predicted molar refractivity (Wildman–Crippen MR) is 142 cm³/mol. The van der Waals surface area contributed by atoms with Gasteiger partial charge >= 0.3 is 0 Å². The van der Waals surface area contributed by atoms with Gasteiger partial charge in [0.1, 0.15) is 12.0 Å². The summed E-state index contributed by atoms with van der Waals surface area (Å²) in [5.74, 6) is -0.0625. The van der Waals surface area contributed by atoms with E-state index in [2.05, 4.69) is 71.0 Å². The van der Waals surface area contributed by atoms with Crippen molar-refractivity contribution in [1.29, 1.82) is 0 Å². The Hall–Kier alpha value is -3.06. The molecule has 1 radical (unpaired) electrons. The largest absolute Gasteiger partial charge is 0.512 e. The number of fused-ring (bicyclic) bond motifs is 4. The summed E-state index contributed by atoms with van der Waals surface area (Å²) in [6.07, 6.45) is 8.05. The van der Waals surface area contributed by atoms with Crippen molar-refractivity contribution in [3.05, 3.63) is 78.2 Å². The maximum atomic E-state index is 10.0. The van der Waals surface area contributed by atoms with Gasteiger partial charge in [0.05, 0.1) is 25.2 Å². The van der Waals surface area contributed by atoms with Gasteiger partial charge in [-0.25, -0.2) is 4.98 Å². The fourth-order valence-corrected chi connectivity index (χ4v) is 5.95. The molecular formula is C28H29IrN4O2Si-. The molecule has 1 N–H and O–H groups in total. The maximum Gasteiger partial charge on any atom is 0.155 e. The second-order valence-electron chi connectivity index (χ2n) is 9.69. The molecule has 0 atom stereocenters. The van der Waals surface area contributed by atoms with Gasteiger partial charge in [-0.2, -0.15) is 0 Å². The van der Waals surface area contributed by atoms with E-state index in [-0.39, 0.29) is 31.6 Å². The van der Waals surface area contributed by atoms with E-state index >= 15 is 0 Å². The molecule has 6 nitrogen and oxygen atoms in total. The van der Waals surface area contributed by atoms with Crippen molar-refractivity contribution in [3.8, 4) is 22.6 Å². The molecule has 0 aliphatic heterocycles. The van der Waals surface area contributed by atoms with Crippen LogP contribution in [-0.2, 0) is 37.7 Å². The zero-order valence-corrected chi connectivity index (χ0v) is 24.5. The molecule has 187 valence electrons. The maximum absolute atomic E-state index is 10.0. The average molecular weight is 674 g/mol. The third-order valence-corrected chi connectivity index (χ3v) is 7.84. The van der Waals surface area contributed by atoms with E-state index < -0.39 is 8.07 Å². The van der Waals surface area contributed by atoms with Gasteiger partial charge < -0.3 is 5.11 Å². The molecule has 0 saturated heterocycles. The van der Waals surface area contributed by atoms with Gasteiger partial charge in [-0.3, -0.25) is 19.7 Å². The SMILES string of the molecule is CC(=O)/C=C(/C)O.C[Si](C)(C)c1cc(-c2ncnc3c2CCc2nccnc2-3)[c-]c2ccccc12.[Ir]. The van der Waals surface area contributed by atoms with Gasteiger partial charge in [-0.05, 0) is 32.3 Å². The molecule has 0 unspecified atom stereocenters. The summed E-state index contributed by atoms with van der Waals surface area (Å²) in [5, 5.41) is 12.3. The van der Waals surface area contributed by atoms with Crippen LogP contribution in [0.25, 0.3) is 33.4 Å². The van der Waals surface area contributed by atoms with Crippen LogP contribution in [0.3, 0.4) is 0 Å². The fourth-order valence-electron chi connectivity index (χ4n) is 4.35. The fraction of sp³-hybridized carbons (Fsp3) is 0.250. The Kier molecular flexibility index (Phi) is 8.66. The smallest absolute Gasteiger partial charge is 0.155 e. The number of allylic oxidation sites excluding steroid dienone is 2. The summed E-state index contributed by atoms with van der Waals surface area (Å²) in [5.41, 5.74) is 6.01. The summed E-state index contributed by atoms with van der Waals surface area (Å²) >= 11 is 0. The molecule has 8 heteroatoms. The van der Waals surface area contributed by atoms with Crippen molar-refractivity contribution in [3.63, 3.8) is 0 Å². The molecule has 2 aromatic carbocycles. The van der Waals surface area contributed by atoms with Crippen molar-refractivity contribution < 1.29 is 30.0 Å². The van der Waals surface area contributed by atoms with Gasteiger partial charge in [-0.1, -0.05) is 48.8 Å². The number of carbonyl (C=O) groups is 1. The summed E-state index contributed by atoms with van der Waals surface area (Å²) in [6, 6.07) is 14.5. The molecule has 0 fully saturated rings. The predicted octanol–water partition coefficient (Wildman–Crippen LogP) is 5.23. The van der Waals surface area contributed by atoms with Crippen LogP contribution in [0.5, 0.6) is 0 Å². The number of aryl methyl sites for hydroxylation is 1. The number of ketones is 1. The molecule has 2 heterocycles. The zero-order valence-electron chi connectivity index (χ0n) is 21.1. The Morgan fingerprint density at radius 1 is 0.972 bits per heavy atom. The van der Waals surface area contributed by atoms with Gasteiger partial charge in [0, 0.05) is 44.3 Å². The summed E-state index contributed by atoms with van der Waals surface area (Å²) in [6.45, 7) is 10.0. The second-order valence-corrected chi connectivity index (χ2v) is 14.7. The number of carbonyl (C=O) groups excluding carboxylic acids is 1. The molecule has 0 spiro atoms. The third-order valence-electron chi connectivity index (χ3n) is 5.81. The minimum atomic E-state index is -1.54. The number of aliphatic hydroxyl groups excluding tert-OH is 1. The third kappa shape index (κ3) is 6.01. The molecule has 36 heavy (non-hydrogen) atoms. The first-order valence-electron chi connectivity index (χ1n) is 11.6. The second kappa shape index (κ2) is 11.3. The Labute approximate surface area is 226 Å². The first-order chi connectivity index (χ1) is 16.6. The molecular weight excluding hydrogens is 645 g/mol. The van der Waals surface area contributed by atoms with Gasteiger partial charge in [0.15, 0.2) is 5.78 Å². The molecule has 1 aliphatic rings. The number of aromatic nitrogens is 4. The van der Waals surface area contributed by atoms with Crippen LogP contribution in [0.4, 0.5) is 0 Å². The monoisotopic (exact) mass is 674 g/mol. The van der Waals surface area contributed by atoms with Crippen LogP contribution in [0.1, 0.15) is 25.1 Å². The number of rotatable bonds is 3. The van der Waals surface area contributed by atoms with Crippen LogP contribution in [0.15, 0.2) is 60.9 Å². The molecule has 0 amide bonds. The van der Waals surface area contributed by atoms with Crippen LogP contribution >= 0.6 is 0 Å². The average Bonchev–Trinajstić information content (AvgIpc) is 2.81. The van der Waals surface area contributed by atoms with Crippen molar-refractivity contribution in [2.45, 2.75) is 46.3 Å². The van der Waals surface area contributed by atoms with Crippen molar-refractivity contribution in [2.24, 2.45) is 0 Å². The Morgan fingerprint density at radius 2 is 1.67 bits per heavy atom. The first kappa shape index (κ1) is 27.5. The van der Waals surface area contributed by atoms with E-state index in [4.69, 9.17) is 10.1 Å². The Morgan fingerprint density at radius 3 is 2.33 bits per heavy atom. The molecule has 1 aliphatic carbocycles. The van der Waals surface area contributed by atoms with Gasteiger partial charge in [-0.15, -0.1) is 28.8 Å². The van der Waals surface area contributed by atoms with E-state index in [0.717, 1.165) is 52.1 Å². The molecule has 4 aromatic rings. The number of nitrogens with zero attached hydrogens (tertiary/aromatic N) is 4. The van der Waals surface area contributed by atoms with E-state index in [1.54, 1.807) is 18.7 Å². The van der Waals surface area contributed by atoms with E-state index in [1.165, 1.54) is 30.5 Å². The van der Waals surface area contributed by atoms with Gasteiger partial charge in [0.25, 0.3) is 0 Å². The van der Waals surface area contributed by atoms with E-state index in [0.29, 0.717) is 0 Å². The van der Waals surface area contributed by atoms with E-state index in [1.807, 2.05) is 0 Å². The minimum absolute atomic E-state index is 0. The van der Waals surface area contributed by atoms with Crippen LogP contribution in [0, 0.1) is 6.07 Å². The Balaban J connectivity index is 0.000000400. The van der Waals surface area contributed by atoms with Crippen molar-refractivity contribution >= 4 is 29.8 Å². The number of aliphatic hydroxyl groups is 1. The number of benzene rings is 2. The Bertz CT molecular complexity index is 1440. The topological polar surface area (TPSA) is 88.9 Å². The molecule has 0 bridgehead atoms. The minimum Gasteiger partial charge on any atom is -0.512 e. The normalized spacial score (nSPS) is 12.5. The number of hydrogen-bond acceptors (Lipinski definition) is 6. The first-order valence-corrected chi connectivity index (χ1v) is 15.1. The molecule has 2 aromatic heterocycles. The summed E-state index contributed by atoms with van der Waals surface area (Å²) < 4.78 is 0.